The largest absolute Gasteiger partial charge is 0.481 e. The summed E-state index contributed by atoms with van der Waals surface area (Å²) in [7, 11) is 0. The summed E-state index contributed by atoms with van der Waals surface area (Å²) in [5.74, 6) is 0.770. The summed E-state index contributed by atoms with van der Waals surface area (Å²) < 4.78 is 0. The van der Waals surface area contributed by atoms with E-state index in [0.717, 1.165) is 12.3 Å². The van der Waals surface area contributed by atoms with Crippen LogP contribution in [0, 0.1) is 22.7 Å². The van der Waals surface area contributed by atoms with Crippen molar-refractivity contribution in [2.24, 2.45) is 22.7 Å². The second-order valence-corrected chi connectivity index (χ2v) is 6.69. The average Bonchev–Trinajstić information content (AvgIpc) is 2.16. The van der Waals surface area contributed by atoms with E-state index in [1.807, 2.05) is 13.8 Å². The van der Waals surface area contributed by atoms with E-state index < -0.39 is 11.4 Å². The van der Waals surface area contributed by atoms with Crippen molar-refractivity contribution in [1.82, 2.24) is 0 Å². The number of fused-ring (bicyclic) bond motifs is 1. The van der Waals surface area contributed by atoms with E-state index in [1.165, 1.54) is 12.0 Å². The molecule has 3 aliphatic carbocycles. The molecule has 2 unspecified atom stereocenters. The van der Waals surface area contributed by atoms with Crippen LogP contribution in [0.2, 0.25) is 0 Å². The normalized spacial score (nSPS) is 31.6. The van der Waals surface area contributed by atoms with Crippen molar-refractivity contribution >= 4 is 5.97 Å². The molecular weight excluding hydrogens is 200 g/mol. The Morgan fingerprint density at radius 3 is 2.62 bits per heavy atom. The van der Waals surface area contributed by atoms with E-state index in [1.54, 1.807) is 0 Å². The molecule has 2 atom stereocenters. The minimum atomic E-state index is -0.687. The molecule has 3 aliphatic rings. The quantitative estimate of drug-likeness (QED) is 0.742. The summed E-state index contributed by atoms with van der Waals surface area (Å²) in [4.78, 5) is 11.1. The highest BCUT2D eigenvalue weighted by molar-refractivity contribution is 5.74. The standard InChI is InChI=1S/C14H22O2/c1-13(2,12(15)16)8-9-5-6-10-7-11(9)14(10,3)4/h5,10-11H,6-8H2,1-4H3,(H,15,16). The second kappa shape index (κ2) is 3.35. The number of hydrogen-bond acceptors (Lipinski definition) is 1. The van der Waals surface area contributed by atoms with Crippen molar-refractivity contribution in [3.8, 4) is 0 Å². The first kappa shape index (κ1) is 11.7. The highest BCUT2D eigenvalue weighted by atomic mass is 16.4. The first-order valence-electron chi connectivity index (χ1n) is 6.17. The molecule has 0 aromatic rings. The van der Waals surface area contributed by atoms with Crippen LogP contribution in [0.1, 0.15) is 47.0 Å². The van der Waals surface area contributed by atoms with E-state index in [9.17, 15) is 9.90 Å². The van der Waals surface area contributed by atoms with Crippen molar-refractivity contribution in [2.75, 3.05) is 0 Å². The zero-order chi connectivity index (χ0) is 12.1. The fourth-order valence-electron chi connectivity index (χ4n) is 3.26. The number of carboxylic acids is 1. The van der Waals surface area contributed by atoms with Gasteiger partial charge in [0.2, 0.25) is 0 Å². The molecule has 0 spiro atoms. The third-order valence-corrected chi connectivity index (χ3v) is 4.81. The summed E-state index contributed by atoms with van der Waals surface area (Å²) in [6, 6.07) is 0. The summed E-state index contributed by atoms with van der Waals surface area (Å²) >= 11 is 0. The maximum atomic E-state index is 11.1. The van der Waals surface area contributed by atoms with Gasteiger partial charge in [-0.2, -0.15) is 0 Å². The van der Waals surface area contributed by atoms with Gasteiger partial charge < -0.3 is 5.11 Å². The van der Waals surface area contributed by atoms with Crippen LogP contribution >= 0.6 is 0 Å². The molecule has 2 nitrogen and oxygen atoms in total. The number of allylic oxidation sites excluding steroid dienone is 2. The van der Waals surface area contributed by atoms with Gasteiger partial charge in [-0.05, 0) is 50.4 Å². The minimum Gasteiger partial charge on any atom is -0.481 e. The lowest BCUT2D eigenvalue weighted by atomic mass is 9.48. The third-order valence-electron chi connectivity index (χ3n) is 4.81. The fraction of sp³-hybridized carbons (Fsp3) is 0.786. The first-order valence-corrected chi connectivity index (χ1v) is 6.17. The SMILES string of the molecule is CC(C)(CC1=CCC2CC1C2(C)C)C(=O)O. The molecule has 16 heavy (non-hydrogen) atoms. The lowest BCUT2D eigenvalue weighted by Gasteiger charge is -2.57. The number of hydrogen-bond donors (Lipinski definition) is 1. The van der Waals surface area contributed by atoms with E-state index in [2.05, 4.69) is 19.9 Å². The van der Waals surface area contributed by atoms with Gasteiger partial charge in [0.15, 0.2) is 0 Å². The van der Waals surface area contributed by atoms with E-state index in [4.69, 9.17) is 0 Å². The van der Waals surface area contributed by atoms with Crippen molar-refractivity contribution in [3.63, 3.8) is 0 Å². The lowest BCUT2D eigenvalue weighted by Crippen LogP contribution is -2.48. The smallest absolute Gasteiger partial charge is 0.309 e. The van der Waals surface area contributed by atoms with Crippen molar-refractivity contribution in [2.45, 2.75) is 47.0 Å². The van der Waals surface area contributed by atoms with Gasteiger partial charge in [0.25, 0.3) is 0 Å². The third kappa shape index (κ3) is 1.59. The van der Waals surface area contributed by atoms with Crippen LogP contribution in [0.5, 0.6) is 0 Å². The molecule has 0 heterocycles. The second-order valence-electron chi connectivity index (χ2n) is 6.69. The Labute approximate surface area is 97.7 Å². The van der Waals surface area contributed by atoms with Gasteiger partial charge in [-0.25, -0.2) is 0 Å². The molecule has 0 radical (unpaired) electrons. The van der Waals surface area contributed by atoms with Crippen LogP contribution in [0.25, 0.3) is 0 Å². The Balaban J connectivity index is 2.13. The molecule has 1 saturated carbocycles. The summed E-state index contributed by atoms with van der Waals surface area (Å²) in [6.07, 6.45) is 5.43. The number of carbonyl (C=O) groups is 1. The molecule has 0 aromatic carbocycles. The molecule has 2 heteroatoms. The Morgan fingerprint density at radius 1 is 1.56 bits per heavy atom. The number of carboxylic acid groups (broad SMARTS) is 1. The van der Waals surface area contributed by atoms with Gasteiger partial charge in [-0.1, -0.05) is 25.5 Å². The maximum Gasteiger partial charge on any atom is 0.309 e. The van der Waals surface area contributed by atoms with Gasteiger partial charge in [0.05, 0.1) is 5.41 Å². The maximum absolute atomic E-state index is 11.1. The Bertz CT molecular complexity index is 350. The molecule has 0 aliphatic heterocycles. The fourth-order valence-corrected chi connectivity index (χ4v) is 3.26. The molecule has 1 N–H and O–H groups in total. The molecule has 90 valence electrons. The van der Waals surface area contributed by atoms with Crippen LogP contribution in [0.4, 0.5) is 0 Å². The van der Waals surface area contributed by atoms with Gasteiger partial charge in [-0.15, -0.1) is 0 Å². The molecule has 0 aromatic heterocycles. The highest BCUT2D eigenvalue weighted by Gasteiger charge is 2.51. The summed E-state index contributed by atoms with van der Waals surface area (Å²) in [6.45, 7) is 8.31. The van der Waals surface area contributed by atoms with E-state index in [0.29, 0.717) is 17.8 Å². The van der Waals surface area contributed by atoms with Crippen LogP contribution in [-0.4, -0.2) is 11.1 Å². The van der Waals surface area contributed by atoms with E-state index in [-0.39, 0.29) is 0 Å². The molecule has 2 bridgehead atoms. The Hall–Kier alpha value is -0.790. The topological polar surface area (TPSA) is 37.3 Å². The lowest BCUT2D eigenvalue weighted by molar-refractivity contribution is -0.147. The minimum absolute atomic E-state index is 0.401. The Kier molecular flexibility index (Phi) is 2.45. The number of aliphatic carboxylic acids is 1. The van der Waals surface area contributed by atoms with Crippen molar-refractivity contribution in [1.29, 1.82) is 0 Å². The van der Waals surface area contributed by atoms with Crippen LogP contribution in [0.15, 0.2) is 11.6 Å². The molecule has 3 rings (SSSR count). The first-order chi connectivity index (χ1) is 7.25. The zero-order valence-corrected chi connectivity index (χ0v) is 10.7. The van der Waals surface area contributed by atoms with Gasteiger partial charge in [0, 0.05) is 0 Å². The molecule has 1 fully saturated rings. The Morgan fingerprint density at radius 2 is 2.19 bits per heavy atom. The molecule has 0 amide bonds. The van der Waals surface area contributed by atoms with Gasteiger partial charge >= 0.3 is 5.97 Å². The predicted octanol–water partition coefficient (Wildman–Crippen LogP) is 3.48. The van der Waals surface area contributed by atoms with Gasteiger partial charge in [0.1, 0.15) is 0 Å². The van der Waals surface area contributed by atoms with Crippen molar-refractivity contribution in [3.05, 3.63) is 11.6 Å². The zero-order valence-electron chi connectivity index (χ0n) is 10.7. The summed E-state index contributed by atoms with van der Waals surface area (Å²) in [5, 5.41) is 9.17. The van der Waals surface area contributed by atoms with Crippen LogP contribution in [0.3, 0.4) is 0 Å². The molecular formula is C14H22O2. The predicted molar refractivity (Wildman–Crippen MR) is 64.1 cm³/mol. The van der Waals surface area contributed by atoms with Gasteiger partial charge in [-0.3, -0.25) is 4.79 Å². The number of rotatable bonds is 3. The van der Waals surface area contributed by atoms with Crippen molar-refractivity contribution < 1.29 is 9.90 Å². The van der Waals surface area contributed by atoms with Crippen LogP contribution < -0.4 is 0 Å². The highest BCUT2D eigenvalue weighted by Crippen LogP contribution is 2.60. The van der Waals surface area contributed by atoms with E-state index >= 15 is 0 Å². The molecule has 0 saturated heterocycles. The van der Waals surface area contributed by atoms with Crippen LogP contribution in [-0.2, 0) is 4.79 Å². The summed E-state index contributed by atoms with van der Waals surface area (Å²) in [5.41, 5.74) is 1.17. The monoisotopic (exact) mass is 222 g/mol. The average molecular weight is 222 g/mol.